The van der Waals surface area contributed by atoms with Gasteiger partial charge < -0.3 is 10.3 Å². The molecule has 0 saturated heterocycles. The third kappa shape index (κ3) is 2.87. The zero-order valence-corrected chi connectivity index (χ0v) is 13.7. The number of hydrogen-bond donors (Lipinski definition) is 1. The normalized spacial score (nSPS) is 36.6. The van der Waals surface area contributed by atoms with Crippen LogP contribution in [0, 0.1) is 11.3 Å². The molecule has 1 aromatic rings. The number of hydrogen-bond acceptors (Lipinski definition) is 4. The lowest BCUT2D eigenvalue weighted by Crippen LogP contribution is -2.42. The van der Waals surface area contributed by atoms with Crippen molar-refractivity contribution < 1.29 is 4.52 Å². The Morgan fingerprint density at radius 3 is 2.67 bits per heavy atom. The van der Waals surface area contributed by atoms with Gasteiger partial charge in [-0.25, -0.2) is 0 Å². The van der Waals surface area contributed by atoms with Crippen LogP contribution in [0.1, 0.15) is 89.8 Å². The van der Waals surface area contributed by atoms with Crippen LogP contribution in [0.2, 0.25) is 0 Å². The molecule has 0 spiro atoms. The molecular formula is C17H29N3O. The second-order valence-electron chi connectivity index (χ2n) is 8.10. The molecule has 0 aromatic carbocycles. The van der Waals surface area contributed by atoms with Gasteiger partial charge >= 0.3 is 0 Å². The summed E-state index contributed by atoms with van der Waals surface area (Å²) >= 11 is 0. The average Bonchev–Trinajstić information content (AvgIpc) is 2.88. The highest BCUT2D eigenvalue weighted by Gasteiger charge is 2.40. The van der Waals surface area contributed by atoms with E-state index in [0.29, 0.717) is 11.8 Å². The van der Waals surface area contributed by atoms with E-state index >= 15 is 0 Å². The molecule has 2 aliphatic carbocycles. The zero-order valence-electron chi connectivity index (χ0n) is 13.7. The van der Waals surface area contributed by atoms with Gasteiger partial charge in [-0.15, -0.1) is 0 Å². The Labute approximate surface area is 127 Å². The number of nitrogens with zero attached hydrogens (tertiary/aromatic N) is 2. The van der Waals surface area contributed by atoms with Crippen LogP contribution in [0.4, 0.5) is 0 Å². The Balaban J connectivity index is 1.83. The molecule has 3 unspecified atom stereocenters. The topological polar surface area (TPSA) is 64.9 Å². The summed E-state index contributed by atoms with van der Waals surface area (Å²) in [6, 6.07) is 0. The highest BCUT2D eigenvalue weighted by atomic mass is 16.5. The first-order valence-corrected chi connectivity index (χ1v) is 8.54. The molecule has 0 aliphatic heterocycles. The Hall–Kier alpha value is -0.900. The van der Waals surface area contributed by atoms with Crippen molar-refractivity contribution in [3.63, 3.8) is 0 Å². The molecule has 0 bridgehead atoms. The summed E-state index contributed by atoms with van der Waals surface area (Å²) in [5.41, 5.74) is 6.47. The van der Waals surface area contributed by atoms with E-state index in [1.807, 2.05) is 0 Å². The number of aromatic nitrogens is 2. The van der Waals surface area contributed by atoms with Crippen LogP contribution in [0.25, 0.3) is 0 Å². The summed E-state index contributed by atoms with van der Waals surface area (Å²) in [5, 5.41) is 4.28. The van der Waals surface area contributed by atoms with Gasteiger partial charge in [0.15, 0.2) is 5.82 Å². The molecule has 4 heteroatoms. The standard InChI is InChI=1S/C17H29N3O/c1-12-7-6-10-17(18,11-12)15-19-14(21-20-15)13-8-4-5-9-16(13,2)3/h12-13H,4-11,18H2,1-3H3. The van der Waals surface area contributed by atoms with E-state index in [1.165, 1.54) is 25.7 Å². The fraction of sp³-hybridized carbons (Fsp3) is 0.882. The van der Waals surface area contributed by atoms with Gasteiger partial charge in [0.05, 0.1) is 5.54 Å². The molecule has 118 valence electrons. The Morgan fingerprint density at radius 1 is 1.14 bits per heavy atom. The lowest BCUT2D eigenvalue weighted by molar-refractivity contribution is 0.163. The Bertz CT molecular complexity index is 496. The second-order valence-corrected chi connectivity index (χ2v) is 8.10. The van der Waals surface area contributed by atoms with E-state index in [9.17, 15) is 0 Å². The third-order valence-electron chi connectivity index (χ3n) is 5.72. The van der Waals surface area contributed by atoms with Gasteiger partial charge in [0.25, 0.3) is 0 Å². The summed E-state index contributed by atoms with van der Waals surface area (Å²) < 4.78 is 5.65. The maximum atomic E-state index is 6.60. The minimum absolute atomic E-state index is 0.254. The van der Waals surface area contributed by atoms with Crippen LogP contribution < -0.4 is 5.73 Å². The van der Waals surface area contributed by atoms with E-state index in [2.05, 4.69) is 25.9 Å². The van der Waals surface area contributed by atoms with Crippen molar-refractivity contribution in [3.8, 4) is 0 Å². The van der Waals surface area contributed by atoms with Crippen molar-refractivity contribution in [2.24, 2.45) is 17.1 Å². The number of rotatable bonds is 2. The molecule has 2 saturated carbocycles. The SMILES string of the molecule is CC1CCCC(N)(c2noc(C3CCCCC3(C)C)n2)C1. The fourth-order valence-corrected chi connectivity index (χ4v) is 4.33. The molecule has 3 rings (SSSR count). The first-order valence-electron chi connectivity index (χ1n) is 8.54. The summed E-state index contributed by atoms with van der Waals surface area (Å²) in [6.45, 7) is 6.91. The van der Waals surface area contributed by atoms with E-state index in [-0.39, 0.29) is 11.0 Å². The second kappa shape index (κ2) is 5.38. The van der Waals surface area contributed by atoms with Crippen LogP contribution in [-0.4, -0.2) is 10.1 Å². The average molecular weight is 291 g/mol. The largest absolute Gasteiger partial charge is 0.339 e. The molecule has 21 heavy (non-hydrogen) atoms. The summed E-state index contributed by atoms with van der Waals surface area (Å²) in [6.07, 6.45) is 9.34. The van der Waals surface area contributed by atoms with E-state index in [1.54, 1.807) is 0 Å². The fourth-order valence-electron chi connectivity index (χ4n) is 4.33. The maximum absolute atomic E-state index is 6.60. The predicted molar refractivity (Wildman–Crippen MR) is 82.8 cm³/mol. The first-order chi connectivity index (χ1) is 9.91. The van der Waals surface area contributed by atoms with Crippen LogP contribution in [0.3, 0.4) is 0 Å². The maximum Gasteiger partial charge on any atom is 0.230 e. The number of nitrogens with two attached hydrogens (primary N) is 1. The molecule has 1 heterocycles. The van der Waals surface area contributed by atoms with Crippen molar-refractivity contribution in [2.75, 3.05) is 0 Å². The van der Waals surface area contributed by atoms with Gasteiger partial charge in [-0.05, 0) is 37.0 Å². The smallest absolute Gasteiger partial charge is 0.230 e. The quantitative estimate of drug-likeness (QED) is 0.890. The van der Waals surface area contributed by atoms with Crippen molar-refractivity contribution >= 4 is 0 Å². The van der Waals surface area contributed by atoms with Crippen LogP contribution >= 0.6 is 0 Å². The highest BCUT2D eigenvalue weighted by Crippen LogP contribution is 2.46. The molecule has 0 amide bonds. The molecule has 4 nitrogen and oxygen atoms in total. The van der Waals surface area contributed by atoms with Crippen LogP contribution in [-0.2, 0) is 5.54 Å². The van der Waals surface area contributed by atoms with Crippen LogP contribution in [0.15, 0.2) is 4.52 Å². The van der Waals surface area contributed by atoms with Crippen molar-refractivity contribution in [1.82, 2.24) is 10.1 Å². The first kappa shape index (κ1) is 15.0. The molecule has 2 fully saturated rings. The summed E-state index contributed by atoms with van der Waals surface area (Å²) in [7, 11) is 0. The molecule has 2 N–H and O–H groups in total. The van der Waals surface area contributed by atoms with E-state index in [0.717, 1.165) is 37.4 Å². The Morgan fingerprint density at radius 2 is 1.95 bits per heavy atom. The summed E-state index contributed by atoms with van der Waals surface area (Å²) in [4.78, 5) is 4.76. The molecular weight excluding hydrogens is 262 g/mol. The molecule has 0 radical (unpaired) electrons. The lowest BCUT2D eigenvalue weighted by atomic mass is 9.69. The lowest BCUT2D eigenvalue weighted by Gasteiger charge is -2.36. The van der Waals surface area contributed by atoms with E-state index < -0.39 is 0 Å². The third-order valence-corrected chi connectivity index (χ3v) is 5.72. The van der Waals surface area contributed by atoms with Crippen molar-refractivity contribution in [3.05, 3.63) is 11.7 Å². The van der Waals surface area contributed by atoms with Crippen molar-refractivity contribution in [2.45, 2.75) is 83.6 Å². The monoisotopic (exact) mass is 291 g/mol. The molecule has 2 aliphatic rings. The van der Waals surface area contributed by atoms with Gasteiger partial charge in [0.1, 0.15) is 0 Å². The molecule has 3 atom stereocenters. The molecule has 1 aromatic heterocycles. The Kier molecular flexibility index (Phi) is 3.85. The van der Waals surface area contributed by atoms with E-state index in [4.69, 9.17) is 15.2 Å². The van der Waals surface area contributed by atoms with Gasteiger partial charge in [-0.2, -0.15) is 4.98 Å². The van der Waals surface area contributed by atoms with Gasteiger partial charge in [0.2, 0.25) is 5.89 Å². The highest BCUT2D eigenvalue weighted by molar-refractivity contribution is 5.09. The van der Waals surface area contributed by atoms with Gasteiger partial charge in [0, 0.05) is 5.92 Å². The minimum Gasteiger partial charge on any atom is -0.339 e. The minimum atomic E-state index is -0.377. The van der Waals surface area contributed by atoms with Crippen molar-refractivity contribution in [1.29, 1.82) is 0 Å². The summed E-state index contributed by atoms with van der Waals surface area (Å²) in [5.74, 6) is 2.59. The zero-order chi connectivity index (χ0) is 15.1. The van der Waals surface area contributed by atoms with Gasteiger partial charge in [-0.1, -0.05) is 51.6 Å². The van der Waals surface area contributed by atoms with Gasteiger partial charge in [-0.3, -0.25) is 0 Å². The van der Waals surface area contributed by atoms with Crippen LogP contribution in [0.5, 0.6) is 0 Å². The predicted octanol–water partition coefficient (Wildman–Crippen LogP) is 4.12.